The Balaban J connectivity index is 1.52. The number of benzene rings is 3. The lowest BCUT2D eigenvalue weighted by molar-refractivity contribution is -0.143. The molecule has 0 saturated carbocycles. The molecule has 76 heavy (non-hydrogen) atoms. The summed E-state index contributed by atoms with van der Waals surface area (Å²) in [6.07, 6.45) is -0.544. The van der Waals surface area contributed by atoms with Crippen LogP contribution in [0.4, 0.5) is 0 Å². The maximum Gasteiger partial charge on any atom is 0.326 e. The van der Waals surface area contributed by atoms with Crippen molar-refractivity contribution in [3.05, 3.63) is 102 Å². The molecule has 16 N–H and O–H groups in total. The summed E-state index contributed by atoms with van der Waals surface area (Å²) in [5, 5.41) is 48.9. The van der Waals surface area contributed by atoms with Crippen molar-refractivity contribution >= 4 is 76.0 Å². The molecule has 0 bridgehead atoms. The third-order valence-corrected chi connectivity index (χ3v) is 11.8. The maximum absolute atomic E-state index is 14.3. The lowest BCUT2D eigenvalue weighted by Crippen LogP contribution is -2.60. The molecule has 0 saturated heterocycles. The third kappa shape index (κ3) is 19.5. The van der Waals surface area contributed by atoms with Crippen LogP contribution in [0.15, 0.2) is 85.1 Å². The minimum absolute atomic E-state index is 0.0166. The van der Waals surface area contributed by atoms with Gasteiger partial charge in [0.15, 0.2) is 0 Å². The highest BCUT2D eigenvalue weighted by Gasteiger charge is 2.34. The summed E-state index contributed by atoms with van der Waals surface area (Å²) in [7, 11) is 0. The number of phenolic OH excluding ortho intramolecular Hbond substituents is 1. The van der Waals surface area contributed by atoms with E-state index in [9.17, 15) is 63.0 Å². The van der Waals surface area contributed by atoms with Gasteiger partial charge in [-0.05, 0) is 60.6 Å². The third-order valence-electron chi connectivity index (χ3n) is 11.8. The van der Waals surface area contributed by atoms with Gasteiger partial charge in [-0.3, -0.25) is 47.9 Å². The first-order valence-corrected chi connectivity index (χ1v) is 24.2. The van der Waals surface area contributed by atoms with Gasteiger partial charge in [-0.1, -0.05) is 74.5 Å². The lowest BCUT2D eigenvalue weighted by atomic mass is 9.99. The van der Waals surface area contributed by atoms with E-state index in [0.717, 1.165) is 0 Å². The first kappa shape index (κ1) is 59.7. The zero-order chi connectivity index (χ0) is 56.1. The molecular weight excluding hydrogens is 991 g/mol. The van der Waals surface area contributed by atoms with E-state index >= 15 is 0 Å². The minimum Gasteiger partial charge on any atom is -0.508 e. The zero-order valence-corrected chi connectivity index (χ0v) is 42.1. The fourth-order valence-electron chi connectivity index (χ4n) is 7.64. The predicted octanol–water partition coefficient (Wildman–Crippen LogP) is -1.74. The number of primary amides is 1. The number of aromatic nitrogens is 1. The Kier molecular flexibility index (Phi) is 22.9. The number of amides is 9. The molecule has 0 spiro atoms. The van der Waals surface area contributed by atoms with Gasteiger partial charge in [0.2, 0.25) is 53.2 Å². The smallest absolute Gasteiger partial charge is 0.326 e. The molecule has 0 unspecified atom stereocenters. The normalized spacial score (nSPS) is 13.8. The van der Waals surface area contributed by atoms with E-state index in [-0.39, 0.29) is 31.4 Å². The standard InChI is InChI=1S/C51H65N11O14/c1-27(2)44(62-49(73)38(21-29-9-5-4-6-10-29)58-42(66)26-55-46(70)37(60-45(69)28(3)52)22-30-13-15-32(63)16-14-30)50(74)61-39(23-31-24-54-34-12-8-7-11-33(31)34)47(71)56-25-41(65)57-35(17-19-40(53)64)48(72)59-36(51(75)76)18-20-43(67)68/h4-16,24,27-28,35-39,44,54,63H,17-23,25-26,52H2,1-3H3,(H2,53,64)(H,55,70)(H,56,71)(H,57,65)(H,58,66)(H,59,72)(H,60,69)(H,61,74)(H,62,73)(H,67,68)(H,75,76)/t28-,35+,36+,37+,38+,39+,44+/m1/s1. The molecule has 25 nitrogen and oxygen atoms in total. The van der Waals surface area contributed by atoms with Crippen molar-refractivity contribution in [1.29, 1.82) is 0 Å². The molecule has 1 aromatic heterocycles. The number of carboxylic acid groups (broad SMARTS) is 2. The van der Waals surface area contributed by atoms with Gasteiger partial charge in [-0.15, -0.1) is 0 Å². The van der Waals surface area contributed by atoms with Gasteiger partial charge in [0.25, 0.3) is 0 Å². The summed E-state index contributed by atoms with van der Waals surface area (Å²) >= 11 is 0. The number of carbonyl (C=O) groups is 11. The Morgan fingerprint density at radius 1 is 0.539 bits per heavy atom. The zero-order valence-electron chi connectivity index (χ0n) is 42.1. The van der Waals surface area contributed by atoms with E-state index in [4.69, 9.17) is 16.6 Å². The van der Waals surface area contributed by atoms with Gasteiger partial charge in [-0.25, -0.2) is 4.79 Å². The number of hydrogen-bond acceptors (Lipinski definition) is 13. The van der Waals surface area contributed by atoms with Crippen molar-refractivity contribution in [2.45, 2.75) is 108 Å². The molecule has 4 rings (SSSR count). The molecule has 3 aromatic carbocycles. The molecule has 25 heteroatoms. The summed E-state index contributed by atoms with van der Waals surface area (Å²) in [5.74, 6) is -11.2. The van der Waals surface area contributed by atoms with Gasteiger partial charge in [-0.2, -0.15) is 0 Å². The number of aromatic amines is 1. The van der Waals surface area contributed by atoms with Crippen molar-refractivity contribution in [2.24, 2.45) is 17.4 Å². The van der Waals surface area contributed by atoms with Crippen molar-refractivity contribution in [2.75, 3.05) is 13.1 Å². The fourth-order valence-corrected chi connectivity index (χ4v) is 7.64. The van der Waals surface area contributed by atoms with Gasteiger partial charge >= 0.3 is 11.9 Å². The molecule has 1 heterocycles. The van der Waals surface area contributed by atoms with E-state index in [1.807, 2.05) is 0 Å². The van der Waals surface area contributed by atoms with Crippen molar-refractivity contribution in [1.82, 2.24) is 47.5 Å². The molecule has 0 fully saturated rings. The Hall–Kier alpha value is -8.87. The summed E-state index contributed by atoms with van der Waals surface area (Å²) in [6.45, 7) is 3.23. The number of para-hydroxylation sites is 1. The second kappa shape index (κ2) is 29.1. The molecule has 7 atom stereocenters. The Bertz CT molecular complexity index is 2710. The number of fused-ring (bicyclic) bond motifs is 1. The summed E-state index contributed by atoms with van der Waals surface area (Å²) in [6, 6.07) is 12.1. The van der Waals surface area contributed by atoms with Crippen LogP contribution in [0.25, 0.3) is 10.9 Å². The highest BCUT2D eigenvalue weighted by Crippen LogP contribution is 2.20. The number of nitrogens with one attached hydrogen (secondary N) is 9. The van der Waals surface area contributed by atoms with E-state index in [1.165, 1.54) is 19.1 Å². The van der Waals surface area contributed by atoms with Gasteiger partial charge in [0, 0.05) is 49.2 Å². The predicted molar refractivity (Wildman–Crippen MR) is 273 cm³/mol. The number of hydrogen-bond donors (Lipinski definition) is 14. The molecule has 0 aliphatic heterocycles. The summed E-state index contributed by atoms with van der Waals surface area (Å²) in [4.78, 5) is 146. The highest BCUT2D eigenvalue weighted by molar-refractivity contribution is 5.98. The highest BCUT2D eigenvalue weighted by atomic mass is 16.4. The van der Waals surface area contributed by atoms with Crippen LogP contribution in [-0.4, -0.2) is 141 Å². The molecule has 0 aliphatic rings. The molecule has 4 aromatic rings. The molecule has 9 amide bonds. The van der Waals surface area contributed by atoms with Crippen LogP contribution in [-0.2, 0) is 72.0 Å². The van der Waals surface area contributed by atoms with Crippen LogP contribution in [0.3, 0.4) is 0 Å². The van der Waals surface area contributed by atoms with Crippen LogP contribution in [0.1, 0.15) is 63.1 Å². The lowest BCUT2D eigenvalue weighted by Gasteiger charge is -2.27. The number of phenols is 1. The van der Waals surface area contributed by atoms with E-state index in [1.54, 1.807) is 86.8 Å². The van der Waals surface area contributed by atoms with E-state index < -0.39 is 146 Å². The van der Waals surface area contributed by atoms with Crippen molar-refractivity contribution in [3.8, 4) is 5.75 Å². The molecule has 0 radical (unpaired) electrons. The average molecular weight is 1060 g/mol. The summed E-state index contributed by atoms with van der Waals surface area (Å²) in [5.41, 5.74) is 13.4. The monoisotopic (exact) mass is 1060 g/mol. The number of aliphatic carboxylic acids is 2. The largest absolute Gasteiger partial charge is 0.508 e. The first-order chi connectivity index (χ1) is 36.0. The van der Waals surface area contributed by atoms with Crippen molar-refractivity contribution in [3.63, 3.8) is 0 Å². The SMILES string of the molecule is CC(C)[C@H](NC(=O)[C@H](Cc1ccccc1)NC(=O)CNC(=O)[C@H](Cc1ccc(O)cc1)NC(=O)[C@@H](C)N)C(=O)N[C@@H](Cc1c[nH]c2ccccc12)C(=O)NCC(=O)N[C@@H](CCC(N)=O)C(=O)N[C@@H](CCC(=O)O)C(=O)O. The number of nitrogens with two attached hydrogens (primary N) is 2. The number of rotatable bonds is 30. The number of carbonyl (C=O) groups excluding carboxylic acids is 9. The Morgan fingerprint density at radius 3 is 1.61 bits per heavy atom. The van der Waals surface area contributed by atoms with Crippen LogP contribution in [0.2, 0.25) is 0 Å². The van der Waals surface area contributed by atoms with Gasteiger partial charge < -0.3 is 74.3 Å². The summed E-state index contributed by atoms with van der Waals surface area (Å²) < 4.78 is 0. The maximum atomic E-state index is 14.3. The number of carboxylic acids is 2. The van der Waals surface area contributed by atoms with Crippen LogP contribution >= 0.6 is 0 Å². The molecular formula is C51H65N11O14. The molecule has 0 aliphatic carbocycles. The van der Waals surface area contributed by atoms with Crippen LogP contribution in [0, 0.1) is 5.92 Å². The topological polar surface area (TPSA) is 413 Å². The first-order valence-electron chi connectivity index (χ1n) is 24.2. The fraction of sp³-hybridized carbons (Fsp3) is 0.392. The quantitative estimate of drug-likeness (QED) is 0.0276. The Labute approximate surface area is 436 Å². The van der Waals surface area contributed by atoms with E-state index in [2.05, 4.69) is 47.5 Å². The van der Waals surface area contributed by atoms with E-state index in [0.29, 0.717) is 27.6 Å². The van der Waals surface area contributed by atoms with Crippen molar-refractivity contribution < 1.29 is 68.1 Å². The Morgan fingerprint density at radius 2 is 1.04 bits per heavy atom. The average Bonchev–Trinajstić information content (AvgIpc) is 3.78. The second-order valence-corrected chi connectivity index (χ2v) is 18.3. The second-order valence-electron chi connectivity index (χ2n) is 18.3. The van der Waals surface area contributed by atoms with Crippen LogP contribution < -0.4 is 54.0 Å². The van der Waals surface area contributed by atoms with Gasteiger partial charge in [0.1, 0.15) is 42.0 Å². The minimum atomic E-state index is -1.66. The molecule has 408 valence electrons. The number of aromatic hydroxyl groups is 1. The number of H-pyrrole nitrogens is 1. The van der Waals surface area contributed by atoms with Gasteiger partial charge in [0.05, 0.1) is 19.1 Å². The van der Waals surface area contributed by atoms with Crippen LogP contribution in [0.5, 0.6) is 5.75 Å².